The molecule has 2 N–H and O–H groups in total. The lowest BCUT2D eigenvalue weighted by atomic mass is 9.91. The molecule has 2 rings (SSSR count). The monoisotopic (exact) mass is 322 g/mol. The number of nitrogens with zero attached hydrogens (tertiary/aromatic N) is 1. The molecule has 0 aliphatic carbocycles. The van der Waals surface area contributed by atoms with Crippen LogP contribution in [0.25, 0.3) is 0 Å². The first-order chi connectivity index (χ1) is 10.9. The number of urea groups is 1. The van der Waals surface area contributed by atoms with Crippen LogP contribution in [0.4, 0.5) is 9.18 Å². The van der Waals surface area contributed by atoms with Gasteiger partial charge in [0.25, 0.3) is 0 Å². The Labute approximate surface area is 135 Å². The quantitative estimate of drug-likeness (QED) is 0.895. The van der Waals surface area contributed by atoms with E-state index >= 15 is 0 Å². The van der Waals surface area contributed by atoms with E-state index in [1.54, 1.807) is 23.1 Å². The van der Waals surface area contributed by atoms with E-state index in [0.717, 1.165) is 0 Å². The highest BCUT2D eigenvalue weighted by Gasteiger charge is 2.32. The van der Waals surface area contributed by atoms with Crippen LogP contribution in [-0.2, 0) is 11.2 Å². The van der Waals surface area contributed by atoms with Gasteiger partial charge in [-0.15, -0.1) is 0 Å². The SMILES string of the molecule is CC1CC(C(=O)O)CN(C(=O)NC(C)Cc2ccccc2F)C1. The lowest BCUT2D eigenvalue weighted by molar-refractivity contribution is -0.143. The average Bonchev–Trinajstić information content (AvgIpc) is 2.48. The van der Waals surface area contributed by atoms with E-state index in [-0.39, 0.29) is 30.4 Å². The van der Waals surface area contributed by atoms with Gasteiger partial charge in [-0.1, -0.05) is 25.1 Å². The van der Waals surface area contributed by atoms with Crippen LogP contribution in [0.5, 0.6) is 0 Å². The van der Waals surface area contributed by atoms with Crippen molar-refractivity contribution in [1.82, 2.24) is 10.2 Å². The molecule has 0 aromatic heterocycles. The molecule has 1 aliphatic heterocycles. The van der Waals surface area contributed by atoms with E-state index in [1.165, 1.54) is 6.07 Å². The number of carbonyl (C=O) groups is 2. The van der Waals surface area contributed by atoms with Crippen LogP contribution in [-0.4, -0.2) is 41.1 Å². The summed E-state index contributed by atoms with van der Waals surface area (Å²) < 4.78 is 13.6. The van der Waals surface area contributed by atoms with Crippen molar-refractivity contribution in [2.24, 2.45) is 11.8 Å². The molecule has 1 aliphatic rings. The summed E-state index contributed by atoms with van der Waals surface area (Å²) in [6, 6.07) is 5.96. The van der Waals surface area contributed by atoms with E-state index < -0.39 is 11.9 Å². The number of benzene rings is 1. The number of carboxylic acid groups (broad SMARTS) is 1. The molecule has 1 saturated heterocycles. The third kappa shape index (κ3) is 4.68. The Kier molecular flexibility index (Phi) is 5.58. The number of aliphatic carboxylic acids is 1. The Morgan fingerprint density at radius 1 is 1.39 bits per heavy atom. The van der Waals surface area contributed by atoms with Gasteiger partial charge < -0.3 is 15.3 Å². The van der Waals surface area contributed by atoms with Crippen LogP contribution in [0.1, 0.15) is 25.8 Å². The predicted octanol–water partition coefficient (Wildman–Crippen LogP) is 2.51. The van der Waals surface area contributed by atoms with Crippen LogP contribution in [0.15, 0.2) is 24.3 Å². The average molecular weight is 322 g/mol. The van der Waals surface area contributed by atoms with Gasteiger partial charge in [0.2, 0.25) is 0 Å². The van der Waals surface area contributed by atoms with Gasteiger partial charge in [0, 0.05) is 19.1 Å². The molecule has 0 bridgehead atoms. The predicted molar refractivity (Wildman–Crippen MR) is 84.6 cm³/mol. The Morgan fingerprint density at radius 2 is 2.09 bits per heavy atom. The normalized spacial score (nSPS) is 22.5. The topological polar surface area (TPSA) is 69.6 Å². The summed E-state index contributed by atoms with van der Waals surface area (Å²) in [5.74, 6) is -1.52. The fraction of sp³-hybridized carbons (Fsp3) is 0.529. The van der Waals surface area contributed by atoms with Gasteiger partial charge in [-0.05, 0) is 37.3 Å². The first-order valence-corrected chi connectivity index (χ1v) is 7.88. The smallest absolute Gasteiger partial charge is 0.317 e. The summed E-state index contributed by atoms with van der Waals surface area (Å²) in [5, 5.41) is 12.0. The third-order valence-electron chi connectivity index (χ3n) is 4.15. The van der Waals surface area contributed by atoms with E-state index in [1.807, 2.05) is 13.8 Å². The Balaban J connectivity index is 1.92. The van der Waals surface area contributed by atoms with Crippen LogP contribution >= 0.6 is 0 Å². The highest BCUT2D eigenvalue weighted by atomic mass is 19.1. The lowest BCUT2D eigenvalue weighted by Gasteiger charge is -2.35. The van der Waals surface area contributed by atoms with Crippen LogP contribution in [0.2, 0.25) is 0 Å². The van der Waals surface area contributed by atoms with Crippen molar-refractivity contribution in [3.63, 3.8) is 0 Å². The standard InChI is InChI=1S/C17H23FN2O3/c1-11-7-14(16(21)22)10-20(9-11)17(23)19-12(2)8-13-5-3-4-6-15(13)18/h3-6,11-12,14H,7-10H2,1-2H3,(H,19,23)(H,21,22). The van der Waals surface area contributed by atoms with Crippen molar-refractivity contribution in [3.8, 4) is 0 Å². The Hall–Kier alpha value is -2.11. The molecule has 0 spiro atoms. The fourth-order valence-electron chi connectivity index (χ4n) is 3.04. The largest absolute Gasteiger partial charge is 0.481 e. The maximum absolute atomic E-state index is 13.6. The molecule has 0 radical (unpaired) electrons. The van der Waals surface area contributed by atoms with Gasteiger partial charge in [-0.3, -0.25) is 4.79 Å². The highest BCUT2D eigenvalue weighted by molar-refractivity contribution is 5.76. The first kappa shape index (κ1) is 17.2. The van der Waals surface area contributed by atoms with Crippen LogP contribution < -0.4 is 5.32 Å². The second kappa shape index (κ2) is 7.44. The molecule has 1 heterocycles. The van der Waals surface area contributed by atoms with Crippen LogP contribution in [0, 0.1) is 17.7 Å². The fourth-order valence-corrected chi connectivity index (χ4v) is 3.04. The minimum Gasteiger partial charge on any atom is -0.481 e. The minimum absolute atomic E-state index is 0.150. The van der Waals surface area contributed by atoms with Crippen molar-refractivity contribution in [1.29, 1.82) is 0 Å². The number of carboxylic acids is 1. The van der Waals surface area contributed by atoms with E-state index in [4.69, 9.17) is 5.11 Å². The molecular weight excluding hydrogens is 299 g/mol. The molecule has 6 heteroatoms. The zero-order valence-corrected chi connectivity index (χ0v) is 13.5. The molecule has 0 saturated carbocycles. The summed E-state index contributed by atoms with van der Waals surface area (Å²) >= 11 is 0. The van der Waals surface area contributed by atoms with Crippen molar-refractivity contribution in [2.45, 2.75) is 32.7 Å². The van der Waals surface area contributed by atoms with E-state index in [0.29, 0.717) is 24.9 Å². The summed E-state index contributed by atoms with van der Waals surface area (Å²) in [6.07, 6.45) is 0.980. The molecule has 5 nitrogen and oxygen atoms in total. The van der Waals surface area contributed by atoms with Crippen molar-refractivity contribution >= 4 is 12.0 Å². The molecular formula is C17H23FN2O3. The maximum Gasteiger partial charge on any atom is 0.317 e. The van der Waals surface area contributed by atoms with Gasteiger partial charge in [0.1, 0.15) is 5.82 Å². The number of hydrogen-bond acceptors (Lipinski definition) is 2. The number of rotatable bonds is 4. The van der Waals surface area contributed by atoms with Gasteiger partial charge >= 0.3 is 12.0 Å². The number of carbonyl (C=O) groups excluding carboxylic acids is 1. The summed E-state index contributed by atoms with van der Waals surface area (Å²) in [4.78, 5) is 25.0. The molecule has 1 aromatic rings. The number of amides is 2. The molecule has 3 unspecified atom stereocenters. The number of nitrogens with one attached hydrogen (secondary N) is 1. The van der Waals surface area contributed by atoms with E-state index in [2.05, 4.69) is 5.32 Å². The first-order valence-electron chi connectivity index (χ1n) is 7.88. The summed E-state index contributed by atoms with van der Waals surface area (Å²) in [6.45, 7) is 4.52. The summed E-state index contributed by atoms with van der Waals surface area (Å²) in [5.41, 5.74) is 0.552. The van der Waals surface area contributed by atoms with Crippen molar-refractivity contribution < 1.29 is 19.1 Å². The van der Waals surface area contributed by atoms with Gasteiger partial charge in [-0.25, -0.2) is 9.18 Å². The molecule has 3 atom stereocenters. The number of piperidine rings is 1. The van der Waals surface area contributed by atoms with Crippen LogP contribution in [0.3, 0.4) is 0 Å². The molecule has 2 amide bonds. The Bertz CT molecular complexity index is 579. The van der Waals surface area contributed by atoms with E-state index in [9.17, 15) is 14.0 Å². The second-order valence-corrected chi connectivity index (χ2v) is 6.43. The minimum atomic E-state index is -0.867. The van der Waals surface area contributed by atoms with Crippen molar-refractivity contribution in [3.05, 3.63) is 35.6 Å². The third-order valence-corrected chi connectivity index (χ3v) is 4.15. The van der Waals surface area contributed by atoms with Gasteiger partial charge in [-0.2, -0.15) is 0 Å². The van der Waals surface area contributed by atoms with Crippen molar-refractivity contribution in [2.75, 3.05) is 13.1 Å². The number of halogens is 1. The molecule has 126 valence electrons. The molecule has 1 aromatic carbocycles. The zero-order valence-electron chi connectivity index (χ0n) is 13.5. The maximum atomic E-state index is 13.6. The van der Waals surface area contributed by atoms with Gasteiger partial charge in [0.15, 0.2) is 0 Å². The second-order valence-electron chi connectivity index (χ2n) is 6.43. The zero-order chi connectivity index (χ0) is 17.0. The Morgan fingerprint density at radius 3 is 2.74 bits per heavy atom. The molecule has 23 heavy (non-hydrogen) atoms. The molecule has 1 fully saturated rings. The summed E-state index contributed by atoms with van der Waals surface area (Å²) in [7, 11) is 0. The number of hydrogen-bond donors (Lipinski definition) is 2. The van der Waals surface area contributed by atoms with Gasteiger partial charge in [0.05, 0.1) is 5.92 Å². The lowest BCUT2D eigenvalue weighted by Crippen LogP contribution is -2.51. The number of likely N-dealkylation sites (tertiary alicyclic amines) is 1. The highest BCUT2D eigenvalue weighted by Crippen LogP contribution is 2.22.